The van der Waals surface area contributed by atoms with E-state index in [0.717, 1.165) is 5.56 Å². The van der Waals surface area contributed by atoms with E-state index in [1.165, 1.54) is 25.3 Å². The molecule has 110 valence electrons. The smallest absolute Gasteiger partial charge is 0.254 e. The Morgan fingerprint density at radius 3 is 2.57 bits per heavy atom. The highest BCUT2D eigenvalue weighted by molar-refractivity contribution is 5.95. The summed E-state index contributed by atoms with van der Waals surface area (Å²) in [6, 6.07) is 12.7. The zero-order valence-corrected chi connectivity index (χ0v) is 11.5. The molecule has 0 aliphatic carbocycles. The van der Waals surface area contributed by atoms with Crippen molar-refractivity contribution in [3.8, 4) is 5.75 Å². The zero-order valence-electron chi connectivity index (χ0n) is 11.5. The van der Waals surface area contributed by atoms with E-state index in [4.69, 9.17) is 4.74 Å². The van der Waals surface area contributed by atoms with Crippen LogP contribution in [0.5, 0.6) is 5.75 Å². The Morgan fingerprint density at radius 1 is 1.24 bits per heavy atom. The molecule has 0 saturated heterocycles. The summed E-state index contributed by atoms with van der Waals surface area (Å²) in [6.45, 7) is -0.276. The second kappa shape index (κ2) is 6.85. The molecule has 0 saturated carbocycles. The van der Waals surface area contributed by atoms with Gasteiger partial charge < -0.3 is 15.2 Å². The van der Waals surface area contributed by atoms with Gasteiger partial charge in [0.25, 0.3) is 5.91 Å². The lowest BCUT2D eigenvalue weighted by molar-refractivity contribution is 0.0911. The van der Waals surface area contributed by atoms with E-state index < -0.39 is 17.8 Å². The number of carbonyl (C=O) groups excluding carboxylic acids is 1. The van der Waals surface area contributed by atoms with Crippen molar-refractivity contribution in [2.45, 2.75) is 6.04 Å². The Hall–Kier alpha value is -2.40. The van der Waals surface area contributed by atoms with Gasteiger partial charge in [-0.05, 0) is 17.7 Å². The maximum atomic E-state index is 14.0. The summed E-state index contributed by atoms with van der Waals surface area (Å²) in [5.74, 6) is -1.32. The van der Waals surface area contributed by atoms with Crippen LogP contribution in [0.15, 0.2) is 48.5 Å². The number of amides is 1. The summed E-state index contributed by atoms with van der Waals surface area (Å²) in [6.07, 6.45) is 0. The maximum Gasteiger partial charge on any atom is 0.254 e. The third-order valence-electron chi connectivity index (χ3n) is 3.12. The van der Waals surface area contributed by atoms with E-state index in [2.05, 4.69) is 5.32 Å². The topological polar surface area (TPSA) is 58.6 Å². The molecule has 0 aliphatic heterocycles. The van der Waals surface area contributed by atoms with Crippen LogP contribution in [-0.4, -0.2) is 24.7 Å². The molecule has 21 heavy (non-hydrogen) atoms. The third kappa shape index (κ3) is 3.38. The summed E-state index contributed by atoms with van der Waals surface area (Å²) in [5, 5.41) is 12.0. The van der Waals surface area contributed by atoms with Crippen LogP contribution < -0.4 is 10.1 Å². The standard InChI is InChI=1S/C16H16FNO3/c1-21-14-9-5-8-12(15(14)17)16(20)18-13(10-19)11-6-3-2-4-7-11/h2-9,13,19H,10H2,1H3,(H,18,20)/t13-/m1/s1. The summed E-state index contributed by atoms with van der Waals surface area (Å²) in [5.41, 5.74) is 0.625. The minimum absolute atomic E-state index is 0.00269. The number of nitrogens with one attached hydrogen (secondary N) is 1. The number of hydrogen-bond donors (Lipinski definition) is 2. The van der Waals surface area contributed by atoms with Gasteiger partial charge in [-0.2, -0.15) is 0 Å². The van der Waals surface area contributed by atoms with Crippen molar-refractivity contribution >= 4 is 5.91 Å². The Labute approximate surface area is 122 Å². The fourth-order valence-electron chi connectivity index (χ4n) is 2.00. The number of methoxy groups -OCH3 is 1. The van der Waals surface area contributed by atoms with Gasteiger partial charge >= 0.3 is 0 Å². The maximum absolute atomic E-state index is 14.0. The number of rotatable bonds is 5. The highest BCUT2D eigenvalue weighted by Crippen LogP contribution is 2.21. The number of aliphatic hydroxyl groups excluding tert-OH is 1. The first-order valence-corrected chi connectivity index (χ1v) is 6.46. The quantitative estimate of drug-likeness (QED) is 0.888. The molecule has 1 atom stereocenters. The Balaban J connectivity index is 2.21. The molecule has 1 amide bonds. The fraction of sp³-hybridized carbons (Fsp3) is 0.188. The second-order valence-electron chi connectivity index (χ2n) is 4.44. The summed E-state index contributed by atoms with van der Waals surface area (Å²) < 4.78 is 18.9. The Kier molecular flexibility index (Phi) is 4.90. The predicted octanol–water partition coefficient (Wildman–Crippen LogP) is 2.30. The summed E-state index contributed by atoms with van der Waals surface area (Å²) in [7, 11) is 1.33. The van der Waals surface area contributed by atoms with Crippen LogP contribution in [0.1, 0.15) is 22.0 Å². The molecule has 0 bridgehead atoms. The number of carbonyl (C=O) groups is 1. The van der Waals surface area contributed by atoms with Crippen LogP contribution in [0, 0.1) is 5.82 Å². The van der Waals surface area contributed by atoms with Crippen LogP contribution in [0.3, 0.4) is 0 Å². The number of ether oxygens (including phenoxy) is 1. The zero-order chi connectivity index (χ0) is 15.2. The number of aliphatic hydroxyl groups is 1. The minimum Gasteiger partial charge on any atom is -0.494 e. The van der Waals surface area contributed by atoms with Crippen molar-refractivity contribution in [3.05, 3.63) is 65.5 Å². The average Bonchev–Trinajstić information content (AvgIpc) is 2.53. The van der Waals surface area contributed by atoms with Gasteiger partial charge in [0, 0.05) is 0 Å². The number of benzene rings is 2. The van der Waals surface area contributed by atoms with E-state index in [-0.39, 0.29) is 17.9 Å². The SMILES string of the molecule is COc1cccc(C(=O)N[C@H](CO)c2ccccc2)c1F. The lowest BCUT2D eigenvalue weighted by Gasteiger charge is -2.17. The molecule has 0 fully saturated rings. The van der Waals surface area contributed by atoms with Gasteiger partial charge in [0.2, 0.25) is 0 Å². The molecule has 0 radical (unpaired) electrons. The lowest BCUT2D eigenvalue weighted by Crippen LogP contribution is -2.31. The molecule has 2 rings (SSSR count). The molecule has 0 heterocycles. The molecule has 4 nitrogen and oxygen atoms in total. The van der Waals surface area contributed by atoms with Gasteiger partial charge in [0.05, 0.1) is 25.3 Å². The van der Waals surface area contributed by atoms with Crippen LogP contribution in [0.25, 0.3) is 0 Å². The number of halogens is 1. The third-order valence-corrected chi connectivity index (χ3v) is 3.12. The minimum atomic E-state index is -0.720. The van der Waals surface area contributed by atoms with Crippen molar-refractivity contribution < 1.29 is 19.0 Å². The van der Waals surface area contributed by atoms with E-state index in [1.807, 2.05) is 6.07 Å². The van der Waals surface area contributed by atoms with E-state index in [0.29, 0.717) is 0 Å². The van der Waals surface area contributed by atoms with Gasteiger partial charge in [0.15, 0.2) is 11.6 Å². The second-order valence-corrected chi connectivity index (χ2v) is 4.44. The normalized spacial score (nSPS) is 11.8. The average molecular weight is 289 g/mol. The largest absolute Gasteiger partial charge is 0.494 e. The van der Waals surface area contributed by atoms with Crippen LogP contribution in [-0.2, 0) is 0 Å². The van der Waals surface area contributed by atoms with E-state index in [1.54, 1.807) is 24.3 Å². The van der Waals surface area contributed by atoms with Gasteiger partial charge in [-0.3, -0.25) is 4.79 Å². The first-order chi connectivity index (χ1) is 10.2. The van der Waals surface area contributed by atoms with Crippen molar-refractivity contribution in [1.29, 1.82) is 0 Å². The fourth-order valence-corrected chi connectivity index (χ4v) is 2.00. The molecule has 0 aliphatic rings. The molecule has 2 N–H and O–H groups in total. The van der Waals surface area contributed by atoms with Crippen molar-refractivity contribution in [1.82, 2.24) is 5.32 Å². The van der Waals surface area contributed by atoms with E-state index >= 15 is 0 Å². The molecule has 0 unspecified atom stereocenters. The van der Waals surface area contributed by atoms with Crippen molar-refractivity contribution in [2.24, 2.45) is 0 Å². The van der Waals surface area contributed by atoms with Gasteiger partial charge in [-0.25, -0.2) is 4.39 Å². The number of hydrogen-bond acceptors (Lipinski definition) is 3. The molecule has 5 heteroatoms. The van der Waals surface area contributed by atoms with Crippen molar-refractivity contribution in [3.63, 3.8) is 0 Å². The molecular weight excluding hydrogens is 273 g/mol. The Bertz CT molecular complexity index is 616. The van der Waals surface area contributed by atoms with Crippen LogP contribution >= 0.6 is 0 Å². The van der Waals surface area contributed by atoms with Gasteiger partial charge in [-0.1, -0.05) is 36.4 Å². The molecular formula is C16H16FNO3. The monoisotopic (exact) mass is 289 g/mol. The molecule has 2 aromatic carbocycles. The van der Waals surface area contributed by atoms with Crippen LogP contribution in [0.2, 0.25) is 0 Å². The predicted molar refractivity (Wildman–Crippen MR) is 76.7 cm³/mol. The molecule has 0 spiro atoms. The highest BCUT2D eigenvalue weighted by atomic mass is 19.1. The first kappa shape index (κ1) is 15.0. The van der Waals surface area contributed by atoms with Crippen LogP contribution in [0.4, 0.5) is 4.39 Å². The van der Waals surface area contributed by atoms with Gasteiger partial charge in [0.1, 0.15) is 0 Å². The highest BCUT2D eigenvalue weighted by Gasteiger charge is 2.19. The van der Waals surface area contributed by atoms with E-state index in [9.17, 15) is 14.3 Å². The lowest BCUT2D eigenvalue weighted by atomic mass is 10.1. The first-order valence-electron chi connectivity index (χ1n) is 6.46. The Morgan fingerprint density at radius 2 is 1.95 bits per heavy atom. The summed E-state index contributed by atoms with van der Waals surface area (Å²) >= 11 is 0. The van der Waals surface area contributed by atoms with Gasteiger partial charge in [-0.15, -0.1) is 0 Å². The molecule has 2 aromatic rings. The molecule has 0 aromatic heterocycles. The summed E-state index contributed by atoms with van der Waals surface area (Å²) in [4.78, 5) is 12.2. The van der Waals surface area contributed by atoms with Crippen molar-refractivity contribution in [2.75, 3.05) is 13.7 Å².